The molecule has 9 heteroatoms. The molecule has 0 bridgehead atoms. The summed E-state index contributed by atoms with van der Waals surface area (Å²) in [5.74, 6) is 0.625. The highest BCUT2D eigenvalue weighted by molar-refractivity contribution is 6.30. The first-order chi connectivity index (χ1) is 15.5. The number of benzene rings is 1. The monoisotopic (exact) mass is 452 g/mol. The number of aryl methyl sites for hydroxylation is 1. The van der Waals surface area contributed by atoms with Gasteiger partial charge in [-0.2, -0.15) is 0 Å². The lowest BCUT2D eigenvalue weighted by Crippen LogP contribution is -2.44. The molecule has 8 nitrogen and oxygen atoms in total. The Morgan fingerprint density at radius 1 is 1.19 bits per heavy atom. The maximum atomic E-state index is 12.7. The minimum atomic E-state index is -0.130. The van der Waals surface area contributed by atoms with Crippen molar-refractivity contribution in [3.05, 3.63) is 69.9 Å². The quantitative estimate of drug-likeness (QED) is 0.618. The van der Waals surface area contributed by atoms with Crippen LogP contribution in [-0.2, 0) is 11.3 Å². The first-order valence-electron chi connectivity index (χ1n) is 10.6. The van der Waals surface area contributed by atoms with E-state index >= 15 is 0 Å². The third kappa shape index (κ3) is 5.31. The smallest absolute Gasteiger partial charge is 0.253 e. The molecular weight excluding hydrogens is 428 g/mol. The second-order valence-corrected chi connectivity index (χ2v) is 8.36. The Morgan fingerprint density at radius 2 is 2.00 bits per heavy atom. The van der Waals surface area contributed by atoms with Crippen LogP contribution in [0, 0.1) is 12.8 Å². The zero-order chi connectivity index (χ0) is 22.5. The Hall–Kier alpha value is -3.26. The van der Waals surface area contributed by atoms with Gasteiger partial charge in [-0.05, 0) is 44.0 Å². The van der Waals surface area contributed by atoms with Crippen LogP contribution < -0.4 is 15.8 Å². The van der Waals surface area contributed by atoms with Gasteiger partial charge < -0.3 is 10.2 Å². The van der Waals surface area contributed by atoms with Crippen molar-refractivity contribution in [3.63, 3.8) is 0 Å². The van der Waals surface area contributed by atoms with Gasteiger partial charge in [-0.25, -0.2) is 4.98 Å². The molecule has 0 saturated carbocycles. The molecule has 1 atom stereocenters. The Balaban J connectivity index is 1.32. The van der Waals surface area contributed by atoms with E-state index in [1.165, 1.54) is 17.0 Å². The van der Waals surface area contributed by atoms with Gasteiger partial charge in [0.1, 0.15) is 0 Å². The van der Waals surface area contributed by atoms with Crippen molar-refractivity contribution in [2.75, 3.05) is 24.5 Å². The SMILES string of the molecule is Cc1cc(=O)n(CCNC(=O)C2CCCN(c3ccc(-c4ccc(Cl)cc4)nn3)C2)cn1. The van der Waals surface area contributed by atoms with E-state index in [0.717, 1.165) is 36.5 Å². The highest BCUT2D eigenvalue weighted by atomic mass is 35.5. The number of nitrogens with zero attached hydrogens (tertiary/aromatic N) is 5. The molecule has 0 spiro atoms. The number of halogens is 1. The average molecular weight is 453 g/mol. The van der Waals surface area contributed by atoms with Crippen LogP contribution in [0.3, 0.4) is 0 Å². The standard InChI is InChI=1S/C23H25ClN6O2/c1-16-13-22(31)30(15-26-16)12-10-25-23(32)18-3-2-11-29(14-18)21-9-8-20(27-28-21)17-4-6-19(24)7-5-17/h4-9,13,15,18H,2-3,10-12,14H2,1H3,(H,25,32). The summed E-state index contributed by atoms with van der Waals surface area (Å²) in [6.45, 7) is 3.98. The molecule has 1 amide bonds. The number of hydrogen-bond acceptors (Lipinski definition) is 6. The fourth-order valence-corrected chi connectivity index (χ4v) is 3.92. The van der Waals surface area contributed by atoms with E-state index in [2.05, 4.69) is 25.4 Å². The molecule has 1 aromatic carbocycles. The third-order valence-electron chi connectivity index (χ3n) is 5.57. The van der Waals surface area contributed by atoms with Gasteiger partial charge in [0.2, 0.25) is 5.91 Å². The maximum absolute atomic E-state index is 12.7. The van der Waals surface area contributed by atoms with Crippen LogP contribution in [0.2, 0.25) is 5.02 Å². The van der Waals surface area contributed by atoms with Gasteiger partial charge in [-0.15, -0.1) is 10.2 Å². The Kier molecular flexibility index (Phi) is 6.80. The maximum Gasteiger partial charge on any atom is 0.253 e. The van der Waals surface area contributed by atoms with E-state index in [1.807, 2.05) is 36.4 Å². The molecule has 0 aliphatic carbocycles. The lowest BCUT2D eigenvalue weighted by atomic mass is 9.97. The molecule has 32 heavy (non-hydrogen) atoms. The van der Waals surface area contributed by atoms with Crippen molar-refractivity contribution >= 4 is 23.3 Å². The topological polar surface area (TPSA) is 93.0 Å². The summed E-state index contributed by atoms with van der Waals surface area (Å²) in [6.07, 6.45) is 3.24. The number of amides is 1. The molecule has 1 N–H and O–H groups in total. The summed E-state index contributed by atoms with van der Waals surface area (Å²) in [5, 5.41) is 12.4. The predicted molar refractivity (Wildman–Crippen MR) is 124 cm³/mol. The second kappa shape index (κ2) is 9.91. The largest absolute Gasteiger partial charge is 0.354 e. The van der Waals surface area contributed by atoms with Gasteiger partial charge in [0.05, 0.1) is 17.9 Å². The number of hydrogen-bond donors (Lipinski definition) is 1. The van der Waals surface area contributed by atoms with E-state index in [4.69, 9.17) is 11.6 Å². The van der Waals surface area contributed by atoms with Crippen LogP contribution in [0.5, 0.6) is 0 Å². The lowest BCUT2D eigenvalue weighted by molar-refractivity contribution is -0.125. The Labute approximate surface area is 191 Å². The van der Waals surface area contributed by atoms with Crippen molar-refractivity contribution in [3.8, 4) is 11.3 Å². The summed E-state index contributed by atoms with van der Waals surface area (Å²) in [6, 6.07) is 12.8. The zero-order valence-corrected chi connectivity index (χ0v) is 18.6. The van der Waals surface area contributed by atoms with Crippen molar-refractivity contribution < 1.29 is 4.79 Å². The van der Waals surface area contributed by atoms with Crippen LogP contribution in [0.4, 0.5) is 5.82 Å². The van der Waals surface area contributed by atoms with E-state index < -0.39 is 0 Å². The highest BCUT2D eigenvalue weighted by Crippen LogP contribution is 2.24. The minimum absolute atomic E-state index is 0.00596. The van der Waals surface area contributed by atoms with Crippen molar-refractivity contribution in [2.45, 2.75) is 26.3 Å². The van der Waals surface area contributed by atoms with Gasteiger partial charge in [0.15, 0.2) is 5.82 Å². The van der Waals surface area contributed by atoms with Crippen molar-refractivity contribution in [1.29, 1.82) is 0 Å². The molecule has 4 rings (SSSR count). The number of carbonyl (C=O) groups excluding carboxylic acids is 1. The Bertz CT molecular complexity index is 1130. The molecule has 1 unspecified atom stereocenters. The third-order valence-corrected chi connectivity index (χ3v) is 5.83. The number of nitrogens with one attached hydrogen (secondary N) is 1. The van der Waals surface area contributed by atoms with Gasteiger partial charge in [0, 0.05) is 48.5 Å². The van der Waals surface area contributed by atoms with E-state index in [0.29, 0.717) is 30.4 Å². The van der Waals surface area contributed by atoms with Crippen LogP contribution in [-0.4, -0.2) is 45.3 Å². The fourth-order valence-electron chi connectivity index (χ4n) is 3.80. The van der Waals surface area contributed by atoms with Gasteiger partial charge in [0.25, 0.3) is 5.56 Å². The van der Waals surface area contributed by atoms with E-state index in [9.17, 15) is 9.59 Å². The predicted octanol–water partition coefficient (Wildman–Crippen LogP) is 2.69. The number of carbonyl (C=O) groups is 1. The fraction of sp³-hybridized carbons (Fsp3) is 0.348. The molecule has 2 aromatic heterocycles. The second-order valence-electron chi connectivity index (χ2n) is 7.92. The molecule has 1 aliphatic rings. The van der Waals surface area contributed by atoms with Crippen LogP contribution in [0.25, 0.3) is 11.3 Å². The lowest BCUT2D eigenvalue weighted by Gasteiger charge is -2.32. The molecular formula is C23H25ClN6O2. The van der Waals surface area contributed by atoms with Crippen LogP contribution >= 0.6 is 11.6 Å². The van der Waals surface area contributed by atoms with Gasteiger partial charge >= 0.3 is 0 Å². The van der Waals surface area contributed by atoms with Crippen molar-refractivity contribution in [1.82, 2.24) is 25.1 Å². The normalized spacial score (nSPS) is 16.1. The number of piperidine rings is 1. The number of anilines is 1. The minimum Gasteiger partial charge on any atom is -0.354 e. The van der Waals surface area contributed by atoms with Gasteiger partial charge in [-0.1, -0.05) is 23.7 Å². The first kappa shape index (κ1) is 22.0. The molecule has 1 aliphatic heterocycles. The highest BCUT2D eigenvalue weighted by Gasteiger charge is 2.26. The summed E-state index contributed by atoms with van der Waals surface area (Å²) in [5.41, 5.74) is 2.29. The summed E-state index contributed by atoms with van der Waals surface area (Å²) >= 11 is 5.95. The molecule has 3 heterocycles. The molecule has 0 radical (unpaired) electrons. The molecule has 1 fully saturated rings. The van der Waals surface area contributed by atoms with Crippen LogP contribution in [0.1, 0.15) is 18.5 Å². The van der Waals surface area contributed by atoms with Crippen LogP contribution in [0.15, 0.2) is 53.6 Å². The number of aromatic nitrogens is 4. The summed E-state index contributed by atoms with van der Waals surface area (Å²) in [7, 11) is 0. The Morgan fingerprint density at radius 3 is 2.72 bits per heavy atom. The van der Waals surface area contributed by atoms with Gasteiger partial charge in [-0.3, -0.25) is 14.2 Å². The zero-order valence-electron chi connectivity index (χ0n) is 17.9. The molecule has 166 valence electrons. The van der Waals surface area contributed by atoms with Crippen molar-refractivity contribution in [2.24, 2.45) is 5.92 Å². The number of rotatable bonds is 6. The average Bonchev–Trinajstić information content (AvgIpc) is 2.81. The van der Waals surface area contributed by atoms with E-state index in [-0.39, 0.29) is 17.4 Å². The molecule has 3 aromatic rings. The van der Waals surface area contributed by atoms with E-state index in [1.54, 1.807) is 6.92 Å². The summed E-state index contributed by atoms with van der Waals surface area (Å²) in [4.78, 5) is 30.8. The summed E-state index contributed by atoms with van der Waals surface area (Å²) < 4.78 is 1.50. The first-order valence-corrected chi connectivity index (χ1v) is 11.0. The molecule has 1 saturated heterocycles.